The number of aromatic nitrogens is 4. The Morgan fingerprint density at radius 3 is 2.28 bits per heavy atom. The van der Waals surface area contributed by atoms with Crippen LogP contribution in [0, 0.1) is 0 Å². The highest BCUT2D eigenvalue weighted by molar-refractivity contribution is 5.68. The topological polar surface area (TPSA) is 156 Å². The van der Waals surface area contributed by atoms with Gasteiger partial charge in [0.1, 0.15) is 5.52 Å². The fraction of sp³-hybridized carbons (Fsp3) is 0.444. The van der Waals surface area contributed by atoms with E-state index in [1.807, 2.05) is 0 Å². The zero-order valence-electron chi connectivity index (χ0n) is 10.3. The predicted molar refractivity (Wildman–Crippen MR) is 68.3 cm³/mol. The molecular formula is C9H18N6O3. The van der Waals surface area contributed by atoms with Crippen LogP contribution in [-0.4, -0.2) is 37.7 Å². The highest BCUT2D eigenvalue weighted by atomic mass is 16.2. The van der Waals surface area contributed by atoms with Crippen molar-refractivity contribution < 1.29 is 5.48 Å². The molecule has 0 saturated carbocycles. The molecule has 0 amide bonds. The van der Waals surface area contributed by atoms with Crippen molar-refractivity contribution in [1.29, 1.82) is 0 Å². The van der Waals surface area contributed by atoms with E-state index in [1.54, 1.807) is 7.05 Å². The monoisotopic (exact) mass is 258 g/mol. The van der Waals surface area contributed by atoms with Gasteiger partial charge < -0.3 is 21.9 Å². The molecule has 2 heterocycles. The van der Waals surface area contributed by atoms with Crippen molar-refractivity contribution in [2.45, 2.75) is 0 Å². The van der Waals surface area contributed by atoms with E-state index in [0.29, 0.717) is 24.3 Å². The Bertz CT molecular complexity index is 609. The maximum absolute atomic E-state index is 11.4. The third kappa shape index (κ3) is 2.83. The third-order valence-corrected chi connectivity index (χ3v) is 2.20. The predicted octanol–water partition coefficient (Wildman–Crippen LogP) is -2.96. The van der Waals surface area contributed by atoms with Gasteiger partial charge in [0.15, 0.2) is 5.65 Å². The Labute approximate surface area is 102 Å². The second-order valence-electron chi connectivity index (χ2n) is 3.38. The molecule has 0 fully saturated rings. The first-order chi connectivity index (χ1) is 8.04. The summed E-state index contributed by atoms with van der Waals surface area (Å²) in [6.45, 7) is 1.19. The average molecular weight is 258 g/mol. The summed E-state index contributed by atoms with van der Waals surface area (Å²) in [6, 6.07) is 0. The minimum atomic E-state index is -0.371. The number of nitrogens with zero attached hydrogens (tertiary/aromatic N) is 3. The molecule has 7 N–H and O–H groups in total. The molecule has 0 atom stereocenters. The van der Waals surface area contributed by atoms with Crippen LogP contribution in [0.2, 0.25) is 0 Å². The van der Waals surface area contributed by atoms with Crippen molar-refractivity contribution in [3.8, 4) is 0 Å². The summed E-state index contributed by atoms with van der Waals surface area (Å²) < 4.78 is 2.37. The molecule has 0 saturated heterocycles. The number of H-pyrrole nitrogens is 1. The molecule has 2 aromatic rings. The average Bonchev–Trinajstić information content (AvgIpc) is 2.83. The van der Waals surface area contributed by atoms with E-state index in [4.69, 9.17) is 11.5 Å². The Hall–Kier alpha value is -1.97. The van der Waals surface area contributed by atoms with Gasteiger partial charge in [-0.1, -0.05) is 0 Å². The number of imidazole rings is 1. The maximum Gasteiger partial charge on any atom is 0.332 e. The molecule has 2 aromatic heterocycles. The summed E-state index contributed by atoms with van der Waals surface area (Å²) in [5, 5.41) is 0. The van der Waals surface area contributed by atoms with Gasteiger partial charge in [-0.2, -0.15) is 0 Å². The zero-order valence-corrected chi connectivity index (χ0v) is 10.3. The number of fused-ring (bicyclic) bond motifs is 1. The lowest BCUT2D eigenvalue weighted by Crippen LogP contribution is -2.36. The second kappa shape index (κ2) is 6.69. The van der Waals surface area contributed by atoms with E-state index in [-0.39, 0.29) is 16.7 Å². The second-order valence-corrected chi connectivity index (χ2v) is 3.38. The minimum Gasteiger partial charge on any atom is -0.412 e. The summed E-state index contributed by atoms with van der Waals surface area (Å²) in [5.41, 5.74) is 9.82. The first kappa shape index (κ1) is 16.0. The number of aryl methyl sites for hydroxylation is 1. The normalized spacial score (nSPS) is 9.56. The zero-order chi connectivity index (χ0) is 13.0. The van der Waals surface area contributed by atoms with Crippen LogP contribution in [0.4, 0.5) is 0 Å². The molecule has 0 aliphatic rings. The summed E-state index contributed by atoms with van der Waals surface area (Å²) in [4.78, 5) is 29.4. The lowest BCUT2D eigenvalue weighted by Gasteiger charge is -2.00. The Morgan fingerprint density at radius 1 is 1.22 bits per heavy atom. The molecule has 18 heavy (non-hydrogen) atoms. The van der Waals surface area contributed by atoms with Gasteiger partial charge in [0.05, 0.1) is 6.33 Å². The van der Waals surface area contributed by atoms with E-state index in [2.05, 4.69) is 9.97 Å². The van der Waals surface area contributed by atoms with Crippen LogP contribution in [0.5, 0.6) is 0 Å². The SMILES string of the molecule is Cn1c(=O)c2[nH]cnc2n(C)c1=O.NCCN.O. The van der Waals surface area contributed by atoms with Crippen molar-refractivity contribution in [2.75, 3.05) is 13.1 Å². The molecule has 0 bridgehead atoms. The molecule has 9 heteroatoms. The number of aromatic amines is 1. The molecule has 102 valence electrons. The van der Waals surface area contributed by atoms with Gasteiger partial charge in [-0.05, 0) is 0 Å². The fourth-order valence-electron chi connectivity index (χ4n) is 1.27. The highest BCUT2D eigenvalue weighted by Crippen LogP contribution is 1.97. The summed E-state index contributed by atoms with van der Waals surface area (Å²) >= 11 is 0. The number of nitrogens with two attached hydrogens (primary N) is 2. The van der Waals surface area contributed by atoms with E-state index in [0.717, 1.165) is 4.57 Å². The van der Waals surface area contributed by atoms with Crippen molar-refractivity contribution in [1.82, 2.24) is 19.1 Å². The van der Waals surface area contributed by atoms with Crippen LogP contribution >= 0.6 is 0 Å². The van der Waals surface area contributed by atoms with E-state index < -0.39 is 0 Å². The first-order valence-corrected chi connectivity index (χ1v) is 5.03. The molecule has 2 rings (SSSR count). The minimum absolute atomic E-state index is 0. The first-order valence-electron chi connectivity index (χ1n) is 5.03. The molecule has 0 aliphatic carbocycles. The lowest BCUT2D eigenvalue weighted by atomic mass is 10.5. The van der Waals surface area contributed by atoms with Crippen LogP contribution in [0.1, 0.15) is 0 Å². The van der Waals surface area contributed by atoms with E-state index in [9.17, 15) is 9.59 Å². The van der Waals surface area contributed by atoms with Gasteiger partial charge in [-0.25, -0.2) is 9.78 Å². The van der Waals surface area contributed by atoms with E-state index >= 15 is 0 Å². The van der Waals surface area contributed by atoms with E-state index in [1.165, 1.54) is 17.9 Å². The summed E-state index contributed by atoms with van der Waals surface area (Å²) in [5.74, 6) is 0. The number of nitrogens with one attached hydrogen (secondary N) is 1. The quantitative estimate of drug-likeness (QED) is 0.498. The van der Waals surface area contributed by atoms with Crippen molar-refractivity contribution in [3.05, 3.63) is 27.2 Å². The third-order valence-electron chi connectivity index (χ3n) is 2.20. The van der Waals surface area contributed by atoms with Crippen LogP contribution in [0.15, 0.2) is 15.9 Å². The number of hydrogen-bond donors (Lipinski definition) is 3. The Morgan fingerprint density at radius 2 is 1.78 bits per heavy atom. The van der Waals surface area contributed by atoms with Crippen LogP contribution in [0.3, 0.4) is 0 Å². The van der Waals surface area contributed by atoms with Crippen LogP contribution in [0.25, 0.3) is 11.2 Å². The fourth-order valence-corrected chi connectivity index (χ4v) is 1.27. The van der Waals surface area contributed by atoms with Crippen LogP contribution < -0.4 is 22.7 Å². The molecule has 0 unspecified atom stereocenters. The van der Waals surface area contributed by atoms with Gasteiger partial charge in [-0.3, -0.25) is 13.9 Å². The molecule has 9 nitrogen and oxygen atoms in total. The molecule has 0 radical (unpaired) electrons. The van der Waals surface area contributed by atoms with Gasteiger partial charge in [0.2, 0.25) is 0 Å². The Balaban J connectivity index is 0.000000512. The van der Waals surface area contributed by atoms with Crippen molar-refractivity contribution in [2.24, 2.45) is 25.6 Å². The molecular weight excluding hydrogens is 240 g/mol. The number of hydrogen-bond acceptors (Lipinski definition) is 5. The summed E-state index contributed by atoms with van der Waals surface area (Å²) in [7, 11) is 3.01. The number of rotatable bonds is 1. The van der Waals surface area contributed by atoms with Gasteiger partial charge >= 0.3 is 5.69 Å². The molecule has 0 aliphatic heterocycles. The largest absolute Gasteiger partial charge is 0.412 e. The van der Waals surface area contributed by atoms with Crippen molar-refractivity contribution in [3.63, 3.8) is 0 Å². The van der Waals surface area contributed by atoms with Gasteiger partial charge in [0.25, 0.3) is 5.56 Å². The highest BCUT2D eigenvalue weighted by Gasteiger charge is 2.08. The Kier molecular flexibility index (Phi) is 5.96. The smallest absolute Gasteiger partial charge is 0.332 e. The van der Waals surface area contributed by atoms with Gasteiger partial charge in [-0.15, -0.1) is 0 Å². The standard InChI is InChI=1S/C7H8N4O2.C2H8N2.H2O/c1-10-5-4(8-3-9-5)6(12)11(2)7(10)13;3-1-2-4;/h3H,1-2H3,(H,8,9);1-4H2;1H2. The lowest BCUT2D eigenvalue weighted by molar-refractivity contribution is 0.709. The summed E-state index contributed by atoms with van der Waals surface area (Å²) in [6.07, 6.45) is 1.39. The maximum atomic E-state index is 11.4. The van der Waals surface area contributed by atoms with Crippen molar-refractivity contribution >= 4 is 11.2 Å². The molecule has 0 spiro atoms. The van der Waals surface area contributed by atoms with Gasteiger partial charge in [0, 0.05) is 27.2 Å². The molecule has 0 aromatic carbocycles. The van der Waals surface area contributed by atoms with Crippen LogP contribution in [-0.2, 0) is 14.1 Å².